The van der Waals surface area contributed by atoms with E-state index in [1.54, 1.807) is 0 Å². The second-order valence-corrected chi connectivity index (χ2v) is 6.21. The van der Waals surface area contributed by atoms with E-state index in [2.05, 4.69) is 30.9 Å². The molecule has 0 aliphatic rings. The van der Waals surface area contributed by atoms with E-state index in [9.17, 15) is 0 Å². The van der Waals surface area contributed by atoms with Gasteiger partial charge >= 0.3 is 0 Å². The minimum absolute atomic E-state index is 0.0557. The first-order valence-electron chi connectivity index (χ1n) is 8.27. The fourth-order valence-electron chi connectivity index (χ4n) is 2.57. The highest BCUT2D eigenvalue weighted by atomic mass is 32.1. The van der Waals surface area contributed by atoms with Crippen LogP contribution in [0.1, 0.15) is 97.8 Å². The van der Waals surface area contributed by atoms with Crippen molar-refractivity contribution < 1.29 is 0 Å². The lowest BCUT2D eigenvalue weighted by Crippen LogP contribution is -2.21. The van der Waals surface area contributed by atoms with Crippen LogP contribution in [0.15, 0.2) is 4.99 Å². The molecule has 112 valence electrons. The third kappa shape index (κ3) is 11.3. The Hall–Kier alpha value is -0.200. The van der Waals surface area contributed by atoms with E-state index in [0.717, 1.165) is 0 Å². The van der Waals surface area contributed by atoms with Gasteiger partial charge in [-0.1, -0.05) is 78.1 Å². The van der Waals surface area contributed by atoms with Crippen LogP contribution in [-0.2, 0) is 0 Å². The summed E-state index contributed by atoms with van der Waals surface area (Å²) >= 11 is 4.82. The molecule has 0 aliphatic carbocycles. The van der Waals surface area contributed by atoms with Gasteiger partial charge in [0.05, 0.1) is 10.7 Å². The topological polar surface area (TPSA) is 12.4 Å². The number of isothiocyanates is 1. The van der Waals surface area contributed by atoms with Gasteiger partial charge in [0.25, 0.3) is 0 Å². The minimum atomic E-state index is 0.0557. The van der Waals surface area contributed by atoms with E-state index in [-0.39, 0.29) is 5.54 Å². The molecule has 0 aliphatic heterocycles. The molecule has 0 aromatic heterocycles. The van der Waals surface area contributed by atoms with Crippen LogP contribution in [0, 0.1) is 0 Å². The molecule has 0 saturated carbocycles. The van der Waals surface area contributed by atoms with Crippen molar-refractivity contribution in [3.05, 3.63) is 0 Å². The second-order valence-electron chi connectivity index (χ2n) is 6.03. The molecule has 0 aromatic carbocycles. The van der Waals surface area contributed by atoms with Crippen molar-refractivity contribution in [3.8, 4) is 0 Å². The Morgan fingerprint density at radius 1 is 0.789 bits per heavy atom. The molecular formula is C17H33NS. The van der Waals surface area contributed by atoms with Crippen molar-refractivity contribution in [2.24, 2.45) is 4.99 Å². The summed E-state index contributed by atoms with van der Waals surface area (Å²) < 4.78 is 0. The van der Waals surface area contributed by atoms with E-state index < -0.39 is 0 Å². The molecule has 2 heteroatoms. The largest absolute Gasteiger partial charge is 0.226 e. The normalized spacial score (nSPS) is 11.3. The second kappa shape index (κ2) is 12.8. The smallest absolute Gasteiger partial charge is 0.0683 e. The molecule has 0 N–H and O–H groups in total. The molecule has 0 rings (SSSR count). The van der Waals surface area contributed by atoms with Gasteiger partial charge in [-0.2, -0.15) is 0 Å². The van der Waals surface area contributed by atoms with Crippen LogP contribution in [0.25, 0.3) is 0 Å². The van der Waals surface area contributed by atoms with Crippen molar-refractivity contribution in [1.82, 2.24) is 0 Å². The third-order valence-electron chi connectivity index (χ3n) is 3.95. The highest BCUT2D eigenvalue weighted by molar-refractivity contribution is 7.78. The zero-order chi connectivity index (χ0) is 14.4. The first-order valence-corrected chi connectivity index (χ1v) is 8.68. The molecule has 19 heavy (non-hydrogen) atoms. The van der Waals surface area contributed by atoms with E-state index in [0.29, 0.717) is 0 Å². The van der Waals surface area contributed by atoms with Crippen molar-refractivity contribution in [3.63, 3.8) is 0 Å². The van der Waals surface area contributed by atoms with E-state index in [1.165, 1.54) is 77.0 Å². The molecule has 0 atom stereocenters. The zero-order valence-corrected chi connectivity index (χ0v) is 14.2. The number of rotatable bonds is 13. The van der Waals surface area contributed by atoms with Gasteiger partial charge in [-0.05, 0) is 32.0 Å². The highest BCUT2D eigenvalue weighted by Crippen LogP contribution is 2.26. The predicted molar refractivity (Wildman–Crippen MR) is 90.2 cm³/mol. The lowest BCUT2D eigenvalue weighted by Gasteiger charge is -2.23. The van der Waals surface area contributed by atoms with Crippen LogP contribution >= 0.6 is 12.2 Å². The van der Waals surface area contributed by atoms with Gasteiger partial charge in [-0.15, -0.1) is 0 Å². The van der Waals surface area contributed by atoms with E-state index in [1.807, 2.05) is 0 Å². The molecule has 0 heterocycles. The van der Waals surface area contributed by atoms with Crippen LogP contribution < -0.4 is 0 Å². The van der Waals surface area contributed by atoms with Crippen LogP contribution in [0.5, 0.6) is 0 Å². The van der Waals surface area contributed by atoms with E-state index >= 15 is 0 Å². The number of hydrogen-bond acceptors (Lipinski definition) is 2. The zero-order valence-electron chi connectivity index (χ0n) is 13.3. The lowest BCUT2D eigenvalue weighted by atomic mass is 9.89. The molecule has 0 spiro atoms. The fraction of sp³-hybridized carbons (Fsp3) is 0.941. The Bertz CT molecular complexity index is 230. The van der Waals surface area contributed by atoms with Crippen LogP contribution in [-0.4, -0.2) is 10.7 Å². The Morgan fingerprint density at radius 3 is 1.58 bits per heavy atom. The van der Waals surface area contributed by atoms with Gasteiger partial charge in [0.15, 0.2) is 0 Å². The van der Waals surface area contributed by atoms with Crippen LogP contribution in [0.2, 0.25) is 0 Å². The molecule has 0 fully saturated rings. The molecule has 0 bridgehead atoms. The van der Waals surface area contributed by atoms with Crippen LogP contribution in [0.4, 0.5) is 0 Å². The average Bonchev–Trinajstić information content (AvgIpc) is 2.39. The summed E-state index contributed by atoms with van der Waals surface area (Å²) in [5.41, 5.74) is 0.0557. The molecule has 0 radical (unpaired) electrons. The number of aliphatic imine (C=N–C) groups is 1. The first kappa shape index (κ1) is 18.8. The van der Waals surface area contributed by atoms with Gasteiger partial charge in [-0.3, -0.25) is 0 Å². The van der Waals surface area contributed by atoms with Gasteiger partial charge < -0.3 is 0 Å². The summed E-state index contributed by atoms with van der Waals surface area (Å²) in [7, 11) is 0. The Labute approximate surface area is 126 Å². The number of hydrogen-bond donors (Lipinski definition) is 0. The van der Waals surface area contributed by atoms with Gasteiger partial charge in [0.2, 0.25) is 0 Å². The molecule has 1 nitrogen and oxygen atoms in total. The summed E-state index contributed by atoms with van der Waals surface area (Å²) in [5, 5.41) is 2.62. The van der Waals surface area contributed by atoms with Gasteiger partial charge in [-0.25, -0.2) is 4.99 Å². The SMILES string of the molecule is CCCCCCCC(C)(CCCCCCC)N=C=S. The maximum atomic E-state index is 4.82. The third-order valence-corrected chi connectivity index (χ3v) is 4.04. The summed E-state index contributed by atoms with van der Waals surface area (Å²) in [6, 6.07) is 0. The van der Waals surface area contributed by atoms with Crippen molar-refractivity contribution in [1.29, 1.82) is 0 Å². The summed E-state index contributed by atoms with van der Waals surface area (Å²) in [5.74, 6) is 0. The minimum Gasteiger partial charge on any atom is -0.226 e. The standard InChI is InChI=1S/C17H33NS/c1-4-6-8-10-12-14-17(3,18-16-19)15-13-11-9-7-5-2/h4-15H2,1-3H3. The van der Waals surface area contributed by atoms with Crippen molar-refractivity contribution in [2.75, 3.05) is 0 Å². The Balaban J connectivity index is 3.87. The highest BCUT2D eigenvalue weighted by Gasteiger charge is 2.21. The maximum Gasteiger partial charge on any atom is 0.0683 e. The summed E-state index contributed by atoms with van der Waals surface area (Å²) in [4.78, 5) is 4.46. The fourth-order valence-corrected chi connectivity index (χ4v) is 2.79. The summed E-state index contributed by atoms with van der Waals surface area (Å²) in [6.07, 6.45) is 15.7. The maximum absolute atomic E-state index is 4.82. The quantitative estimate of drug-likeness (QED) is 0.211. The molecule has 0 aromatic rings. The summed E-state index contributed by atoms with van der Waals surface area (Å²) in [6.45, 7) is 6.78. The van der Waals surface area contributed by atoms with Crippen molar-refractivity contribution >= 4 is 17.4 Å². The Kier molecular flexibility index (Phi) is 12.7. The Morgan fingerprint density at radius 2 is 1.21 bits per heavy atom. The number of thiocarbonyl (C=S) groups is 1. The van der Waals surface area contributed by atoms with Crippen LogP contribution in [0.3, 0.4) is 0 Å². The molecule has 0 saturated heterocycles. The van der Waals surface area contributed by atoms with Crippen molar-refractivity contribution in [2.45, 2.75) is 103 Å². The lowest BCUT2D eigenvalue weighted by molar-refractivity contribution is 0.369. The first-order chi connectivity index (χ1) is 9.18. The monoisotopic (exact) mass is 283 g/mol. The predicted octanol–water partition coefficient (Wildman–Crippen LogP) is 6.57. The van der Waals surface area contributed by atoms with Gasteiger partial charge in [0.1, 0.15) is 0 Å². The molecular weight excluding hydrogens is 250 g/mol. The van der Waals surface area contributed by atoms with E-state index in [4.69, 9.17) is 12.2 Å². The molecule has 0 unspecified atom stereocenters. The van der Waals surface area contributed by atoms with Gasteiger partial charge in [0, 0.05) is 0 Å². The molecule has 0 amide bonds. The number of unbranched alkanes of at least 4 members (excludes halogenated alkanes) is 8. The number of nitrogens with zero attached hydrogens (tertiary/aromatic N) is 1. The average molecular weight is 284 g/mol.